The fraction of sp³-hybridized carbons (Fsp3) is 1.00. The molecular formula is CH10O4Si4. The predicted octanol–water partition coefficient (Wildman–Crippen LogP) is -3.56. The zero-order chi connectivity index (χ0) is 7.33. The van der Waals surface area contributed by atoms with Crippen LogP contribution < -0.4 is 0 Å². The Hall–Kier alpha value is 0.548. The van der Waals surface area contributed by atoms with Gasteiger partial charge in [0.15, 0.2) is 0 Å². The first-order valence-corrected chi connectivity index (χ1v) is 8.00. The van der Waals surface area contributed by atoms with Crippen LogP contribution in [0.15, 0.2) is 0 Å². The first-order valence-electron chi connectivity index (χ1n) is 2.36. The molecule has 0 aromatic rings. The summed E-state index contributed by atoms with van der Waals surface area (Å²) in [4.78, 5) is 0. The smallest absolute Gasteiger partial charge is 0.424 e. The van der Waals surface area contributed by atoms with E-state index in [9.17, 15) is 4.46 Å². The highest BCUT2D eigenvalue weighted by Gasteiger charge is 2.36. The summed E-state index contributed by atoms with van der Waals surface area (Å²) in [6.45, 7) is 0. The Morgan fingerprint density at radius 3 is 1.89 bits per heavy atom. The summed E-state index contributed by atoms with van der Waals surface area (Å²) in [6, 6.07) is 0. The molecule has 0 amide bonds. The van der Waals surface area contributed by atoms with Crippen molar-refractivity contribution in [1.82, 2.24) is 0 Å². The highest BCUT2D eigenvalue weighted by Crippen LogP contribution is 1.97. The minimum Gasteiger partial charge on any atom is -0.424 e. The highest BCUT2D eigenvalue weighted by molar-refractivity contribution is 7.10. The van der Waals surface area contributed by atoms with Crippen molar-refractivity contribution in [3.8, 4) is 0 Å². The van der Waals surface area contributed by atoms with Crippen molar-refractivity contribution < 1.29 is 17.1 Å². The van der Waals surface area contributed by atoms with Crippen LogP contribution in [0, 0.1) is 0 Å². The molecule has 4 nitrogen and oxygen atoms in total. The SMILES string of the molecule is CO[Si](O[SiH3])(O[SiH3])[SiH]=O. The molecule has 0 bridgehead atoms. The minimum absolute atomic E-state index is 0.530. The molecule has 0 aliphatic carbocycles. The standard InChI is InChI=1S/CH10O4Si4/c1-3-9(4-6,5-7)8-2/h8H,1,6-7H3. The molecular weight excluding hydrogens is 188 g/mol. The van der Waals surface area contributed by atoms with Crippen molar-refractivity contribution in [1.29, 1.82) is 0 Å². The van der Waals surface area contributed by atoms with Gasteiger partial charge >= 0.3 is 17.2 Å². The van der Waals surface area contributed by atoms with Crippen molar-refractivity contribution >= 4 is 38.2 Å². The van der Waals surface area contributed by atoms with Gasteiger partial charge in [0.25, 0.3) is 0 Å². The van der Waals surface area contributed by atoms with Crippen molar-refractivity contribution in [2.24, 2.45) is 0 Å². The van der Waals surface area contributed by atoms with Gasteiger partial charge in [-0.1, -0.05) is 0 Å². The Morgan fingerprint density at radius 2 is 1.89 bits per heavy atom. The summed E-state index contributed by atoms with van der Waals surface area (Å²) in [6.07, 6.45) is 0. The minimum atomic E-state index is -2.54. The van der Waals surface area contributed by atoms with E-state index >= 15 is 0 Å². The third-order valence-corrected chi connectivity index (χ3v) is 12.2. The predicted molar refractivity (Wildman–Crippen MR) is 42.6 cm³/mol. The van der Waals surface area contributed by atoms with E-state index in [2.05, 4.69) is 0 Å². The first kappa shape index (κ1) is 9.55. The molecule has 0 saturated carbocycles. The summed E-state index contributed by atoms with van der Waals surface area (Å²) in [5.74, 6) is 0. The topological polar surface area (TPSA) is 44.8 Å². The van der Waals surface area contributed by atoms with Gasteiger partial charge in [-0.3, -0.25) is 0 Å². The third-order valence-electron chi connectivity index (χ3n) is 0.998. The second-order valence-corrected chi connectivity index (χ2v) is 9.28. The van der Waals surface area contributed by atoms with Crippen LogP contribution in [-0.2, 0) is 17.1 Å². The fourth-order valence-electron chi connectivity index (χ4n) is 0.394. The monoisotopic (exact) mass is 198 g/mol. The molecule has 0 aliphatic heterocycles. The van der Waals surface area contributed by atoms with Crippen molar-refractivity contribution in [2.45, 2.75) is 0 Å². The second kappa shape index (κ2) is 4.38. The molecule has 0 saturated heterocycles. The zero-order valence-corrected chi connectivity index (χ0v) is 11.9. The van der Waals surface area contributed by atoms with E-state index in [1.165, 1.54) is 7.11 Å². The van der Waals surface area contributed by atoms with Gasteiger partial charge in [0.2, 0.25) is 0 Å². The summed E-state index contributed by atoms with van der Waals surface area (Å²) >= 11 is 0. The lowest BCUT2D eigenvalue weighted by Gasteiger charge is -2.18. The number of hydrogen-bond acceptors (Lipinski definition) is 4. The molecule has 0 unspecified atom stereocenters. The maximum atomic E-state index is 10.5. The van der Waals surface area contributed by atoms with Crippen LogP contribution in [0.5, 0.6) is 0 Å². The Bertz CT molecular complexity index is 82.3. The van der Waals surface area contributed by atoms with Gasteiger partial charge in [0.1, 0.15) is 21.0 Å². The quantitative estimate of drug-likeness (QED) is 0.439. The Labute approximate surface area is 63.0 Å². The molecule has 0 aromatic carbocycles. The molecule has 0 atom stereocenters. The maximum Gasteiger partial charge on any atom is 0.515 e. The normalized spacial score (nSPS) is 17.4. The lowest BCUT2D eigenvalue weighted by molar-refractivity contribution is 0.244. The van der Waals surface area contributed by atoms with Crippen LogP contribution in [0.2, 0.25) is 0 Å². The van der Waals surface area contributed by atoms with E-state index in [-0.39, 0.29) is 0 Å². The molecule has 0 heterocycles. The zero-order valence-electron chi connectivity index (χ0n) is 5.71. The van der Waals surface area contributed by atoms with E-state index in [0.717, 1.165) is 0 Å². The number of rotatable bonds is 4. The molecule has 9 heavy (non-hydrogen) atoms. The average Bonchev–Trinajstić information content (AvgIpc) is 1.95. The third kappa shape index (κ3) is 2.33. The van der Waals surface area contributed by atoms with Gasteiger partial charge < -0.3 is 17.1 Å². The molecule has 0 spiro atoms. The van der Waals surface area contributed by atoms with Crippen molar-refractivity contribution in [3.05, 3.63) is 0 Å². The molecule has 0 aliphatic rings. The first-order chi connectivity index (χ1) is 4.24. The van der Waals surface area contributed by atoms with Gasteiger partial charge in [-0.05, 0) is 0 Å². The van der Waals surface area contributed by atoms with E-state index in [4.69, 9.17) is 12.7 Å². The highest BCUT2D eigenvalue weighted by atomic mass is 29.2. The molecule has 0 N–H and O–H groups in total. The number of hydrogen-bond donors (Lipinski definition) is 0. The molecule has 0 rings (SSSR count). The lowest BCUT2D eigenvalue weighted by atomic mass is 11.8. The van der Waals surface area contributed by atoms with Crippen molar-refractivity contribution in [2.75, 3.05) is 7.11 Å². The average molecular weight is 198 g/mol. The Morgan fingerprint density at radius 1 is 1.44 bits per heavy atom. The summed E-state index contributed by atoms with van der Waals surface area (Å²) in [5, 5.41) is 0. The van der Waals surface area contributed by atoms with Crippen LogP contribution in [0.25, 0.3) is 0 Å². The molecule has 54 valence electrons. The van der Waals surface area contributed by atoms with Gasteiger partial charge in [-0.25, -0.2) is 0 Å². The summed E-state index contributed by atoms with van der Waals surface area (Å²) < 4.78 is 25.3. The van der Waals surface area contributed by atoms with Crippen LogP contribution >= 0.6 is 0 Å². The van der Waals surface area contributed by atoms with Crippen molar-refractivity contribution in [3.63, 3.8) is 0 Å². The largest absolute Gasteiger partial charge is 0.515 e. The van der Waals surface area contributed by atoms with Crippen LogP contribution in [0.3, 0.4) is 0 Å². The molecule has 0 fully saturated rings. The van der Waals surface area contributed by atoms with Crippen LogP contribution in [0.4, 0.5) is 0 Å². The van der Waals surface area contributed by atoms with Gasteiger partial charge in [0, 0.05) is 7.11 Å². The van der Waals surface area contributed by atoms with Gasteiger partial charge in [0.05, 0.1) is 0 Å². The van der Waals surface area contributed by atoms with Gasteiger partial charge in [-0.15, -0.1) is 0 Å². The summed E-state index contributed by atoms with van der Waals surface area (Å²) in [7, 11) is -1.04. The molecule has 0 radical (unpaired) electrons. The molecule has 0 aromatic heterocycles. The maximum absolute atomic E-state index is 10.5. The van der Waals surface area contributed by atoms with Crippen LogP contribution in [-0.4, -0.2) is 45.3 Å². The second-order valence-electron chi connectivity index (χ2n) is 1.33. The van der Waals surface area contributed by atoms with Gasteiger partial charge in [-0.2, -0.15) is 0 Å². The lowest BCUT2D eigenvalue weighted by Crippen LogP contribution is -2.47. The Balaban J connectivity index is 3.98. The van der Waals surface area contributed by atoms with Crippen LogP contribution in [0.1, 0.15) is 0 Å². The van der Waals surface area contributed by atoms with E-state index < -0.39 is 17.2 Å². The fourth-order valence-corrected chi connectivity index (χ4v) is 6.78. The van der Waals surface area contributed by atoms with E-state index in [1.807, 2.05) is 0 Å². The Kier molecular flexibility index (Phi) is 4.64. The molecule has 8 heteroatoms. The summed E-state index contributed by atoms with van der Waals surface area (Å²) in [5.41, 5.74) is 0. The van der Waals surface area contributed by atoms with E-state index in [1.54, 1.807) is 0 Å². The van der Waals surface area contributed by atoms with E-state index in [0.29, 0.717) is 21.0 Å².